The van der Waals surface area contributed by atoms with Gasteiger partial charge in [0.1, 0.15) is 11.9 Å². The van der Waals surface area contributed by atoms with Crippen LogP contribution in [0.25, 0.3) is 0 Å². The molecule has 1 aliphatic carbocycles. The van der Waals surface area contributed by atoms with Gasteiger partial charge in [-0.15, -0.1) is 0 Å². The Bertz CT molecular complexity index is 377. The van der Waals surface area contributed by atoms with Crippen molar-refractivity contribution in [1.29, 1.82) is 0 Å². The zero-order chi connectivity index (χ0) is 13.7. The standard InChI is InChI=1S/C16H25NO2/c1-2-14(17)12-8-10-13(11-9-12)19-16-7-5-3-4-6-15(16)18/h8-11,14-16,18H,2-7,17H2,1H3/t14-,15?,16?/m1/s1. The molecule has 106 valence electrons. The predicted octanol–water partition coefficient (Wildman–Crippen LogP) is 3.17. The van der Waals surface area contributed by atoms with E-state index in [9.17, 15) is 5.11 Å². The molecule has 0 amide bonds. The van der Waals surface area contributed by atoms with Crippen molar-refractivity contribution >= 4 is 0 Å². The van der Waals surface area contributed by atoms with E-state index in [0.717, 1.165) is 43.4 Å². The van der Waals surface area contributed by atoms with Gasteiger partial charge in [0, 0.05) is 6.04 Å². The number of hydrogen-bond acceptors (Lipinski definition) is 3. The van der Waals surface area contributed by atoms with Gasteiger partial charge in [-0.05, 0) is 43.4 Å². The first-order valence-corrected chi connectivity index (χ1v) is 7.41. The fourth-order valence-electron chi connectivity index (χ4n) is 2.60. The van der Waals surface area contributed by atoms with E-state index in [1.807, 2.05) is 24.3 Å². The van der Waals surface area contributed by atoms with Crippen LogP contribution in [0.4, 0.5) is 0 Å². The van der Waals surface area contributed by atoms with E-state index in [0.29, 0.717) is 0 Å². The summed E-state index contributed by atoms with van der Waals surface area (Å²) in [6.45, 7) is 2.08. The second-order valence-electron chi connectivity index (χ2n) is 5.45. The Morgan fingerprint density at radius 3 is 2.58 bits per heavy atom. The minimum atomic E-state index is -0.333. The van der Waals surface area contributed by atoms with Gasteiger partial charge in [0.25, 0.3) is 0 Å². The van der Waals surface area contributed by atoms with Crippen molar-refractivity contribution in [3.8, 4) is 5.75 Å². The molecule has 19 heavy (non-hydrogen) atoms. The molecule has 0 aromatic heterocycles. The van der Waals surface area contributed by atoms with Crippen molar-refractivity contribution in [1.82, 2.24) is 0 Å². The number of ether oxygens (including phenoxy) is 1. The average molecular weight is 263 g/mol. The molecule has 3 heteroatoms. The van der Waals surface area contributed by atoms with Crippen LogP contribution in [-0.2, 0) is 0 Å². The lowest BCUT2D eigenvalue weighted by Gasteiger charge is -2.22. The monoisotopic (exact) mass is 263 g/mol. The van der Waals surface area contributed by atoms with Gasteiger partial charge in [-0.1, -0.05) is 31.9 Å². The number of aliphatic hydroxyl groups excluding tert-OH is 1. The topological polar surface area (TPSA) is 55.5 Å². The molecular weight excluding hydrogens is 238 g/mol. The summed E-state index contributed by atoms with van der Waals surface area (Å²) in [4.78, 5) is 0. The SMILES string of the molecule is CC[C@@H](N)c1ccc(OC2CCCCCC2O)cc1. The summed E-state index contributed by atoms with van der Waals surface area (Å²) in [6.07, 6.45) is 5.77. The highest BCUT2D eigenvalue weighted by molar-refractivity contribution is 5.29. The molecule has 0 aliphatic heterocycles. The number of rotatable bonds is 4. The second-order valence-corrected chi connectivity index (χ2v) is 5.45. The van der Waals surface area contributed by atoms with Crippen molar-refractivity contribution in [2.24, 2.45) is 5.73 Å². The maximum atomic E-state index is 10.0. The quantitative estimate of drug-likeness (QED) is 0.820. The highest BCUT2D eigenvalue weighted by Crippen LogP contribution is 2.24. The molecule has 1 aromatic carbocycles. The summed E-state index contributed by atoms with van der Waals surface area (Å²) in [5.74, 6) is 0.831. The van der Waals surface area contributed by atoms with Gasteiger partial charge in [-0.3, -0.25) is 0 Å². The number of aliphatic hydroxyl groups is 1. The van der Waals surface area contributed by atoms with E-state index in [1.165, 1.54) is 6.42 Å². The van der Waals surface area contributed by atoms with Gasteiger partial charge in [-0.2, -0.15) is 0 Å². The van der Waals surface area contributed by atoms with Gasteiger partial charge in [0.15, 0.2) is 0 Å². The summed E-state index contributed by atoms with van der Waals surface area (Å²) >= 11 is 0. The summed E-state index contributed by atoms with van der Waals surface area (Å²) in [7, 11) is 0. The van der Waals surface area contributed by atoms with Crippen molar-refractivity contribution in [2.45, 2.75) is 63.7 Å². The van der Waals surface area contributed by atoms with E-state index in [4.69, 9.17) is 10.5 Å². The molecule has 0 radical (unpaired) electrons. The van der Waals surface area contributed by atoms with Crippen LogP contribution < -0.4 is 10.5 Å². The van der Waals surface area contributed by atoms with Gasteiger partial charge in [0.05, 0.1) is 6.10 Å². The van der Waals surface area contributed by atoms with Crippen LogP contribution in [0.1, 0.15) is 57.1 Å². The zero-order valence-electron chi connectivity index (χ0n) is 11.7. The van der Waals surface area contributed by atoms with E-state index < -0.39 is 0 Å². The van der Waals surface area contributed by atoms with Crippen molar-refractivity contribution in [2.75, 3.05) is 0 Å². The van der Waals surface area contributed by atoms with Gasteiger partial charge < -0.3 is 15.6 Å². The normalized spacial score (nSPS) is 25.6. The molecular formula is C16H25NO2. The minimum Gasteiger partial charge on any atom is -0.488 e. The first-order valence-electron chi connectivity index (χ1n) is 7.41. The van der Waals surface area contributed by atoms with E-state index in [1.54, 1.807) is 0 Å². The Balaban J connectivity index is 1.98. The summed E-state index contributed by atoms with van der Waals surface area (Å²) in [6, 6.07) is 8.06. The number of hydrogen-bond donors (Lipinski definition) is 2. The lowest BCUT2D eigenvalue weighted by atomic mass is 10.1. The molecule has 2 rings (SSSR count). The third-order valence-electron chi connectivity index (χ3n) is 3.95. The van der Waals surface area contributed by atoms with Crippen LogP contribution in [0.3, 0.4) is 0 Å². The van der Waals surface area contributed by atoms with Crippen LogP contribution in [0.5, 0.6) is 5.75 Å². The number of benzene rings is 1. The first kappa shape index (κ1) is 14.4. The molecule has 3 atom stereocenters. The molecule has 1 saturated carbocycles. The Labute approximate surface area is 115 Å². The summed E-state index contributed by atoms with van der Waals surface area (Å²) in [5, 5.41) is 10.0. The van der Waals surface area contributed by atoms with Crippen molar-refractivity contribution < 1.29 is 9.84 Å². The Morgan fingerprint density at radius 2 is 1.89 bits per heavy atom. The third kappa shape index (κ3) is 3.95. The molecule has 0 spiro atoms. The smallest absolute Gasteiger partial charge is 0.124 e. The third-order valence-corrected chi connectivity index (χ3v) is 3.95. The van der Waals surface area contributed by atoms with Crippen LogP contribution in [0.15, 0.2) is 24.3 Å². The Morgan fingerprint density at radius 1 is 1.21 bits per heavy atom. The van der Waals surface area contributed by atoms with Gasteiger partial charge in [0.2, 0.25) is 0 Å². The molecule has 1 fully saturated rings. The molecule has 0 bridgehead atoms. The Kier molecular flexibility index (Phi) is 5.23. The van der Waals surface area contributed by atoms with Crippen molar-refractivity contribution in [3.63, 3.8) is 0 Å². The molecule has 1 aliphatic rings. The molecule has 1 aromatic rings. The molecule has 3 N–H and O–H groups in total. The summed E-state index contributed by atoms with van der Waals surface area (Å²) < 4.78 is 5.93. The fraction of sp³-hybridized carbons (Fsp3) is 0.625. The largest absolute Gasteiger partial charge is 0.488 e. The minimum absolute atomic E-state index is 0.0619. The Hall–Kier alpha value is -1.06. The van der Waals surface area contributed by atoms with Crippen molar-refractivity contribution in [3.05, 3.63) is 29.8 Å². The molecule has 0 heterocycles. The van der Waals surface area contributed by atoms with Crippen LogP contribution in [0.2, 0.25) is 0 Å². The number of nitrogens with two attached hydrogens (primary N) is 1. The lowest BCUT2D eigenvalue weighted by Crippen LogP contribution is -2.30. The summed E-state index contributed by atoms with van der Waals surface area (Å²) in [5.41, 5.74) is 7.13. The molecule has 0 saturated heterocycles. The fourth-order valence-corrected chi connectivity index (χ4v) is 2.60. The molecule has 2 unspecified atom stereocenters. The average Bonchev–Trinajstić information content (AvgIpc) is 2.64. The second kappa shape index (κ2) is 6.92. The first-order chi connectivity index (χ1) is 9.20. The van der Waals surface area contributed by atoms with E-state index in [2.05, 4.69) is 6.92 Å². The van der Waals surface area contributed by atoms with E-state index >= 15 is 0 Å². The van der Waals surface area contributed by atoms with Gasteiger partial charge in [-0.25, -0.2) is 0 Å². The van der Waals surface area contributed by atoms with Crippen LogP contribution in [-0.4, -0.2) is 17.3 Å². The predicted molar refractivity (Wildman–Crippen MR) is 77.2 cm³/mol. The highest BCUT2D eigenvalue weighted by Gasteiger charge is 2.23. The van der Waals surface area contributed by atoms with Crippen LogP contribution in [0, 0.1) is 0 Å². The lowest BCUT2D eigenvalue weighted by molar-refractivity contribution is 0.0320. The maximum absolute atomic E-state index is 10.0. The molecule has 3 nitrogen and oxygen atoms in total. The maximum Gasteiger partial charge on any atom is 0.124 e. The van der Waals surface area contributed by atoms with Gasteiger partial charge >= 0.3 is 0 Å². The highest BCUT2D eigenvalue weighted by atomic mass is 16.5. The van der Waals surface area contributed by atoms with E-state index in [-0.39, 0.29) is 18.2 Å². The van der Waals surface area contributed by atoms with Crippen LogP contribution >= 0.6 is 0 Å². The zero-order valence-corrected chi connectivity index (χ0v) is 11.7.